The highest BCUT2D eigenvalue weighted by Crippen LogP contribution is 2.33. The maximum absolute atomic E-state index is 5.90. The van der Waals surface area contributed by atoms with Gasteiger partial charge < -0.3 is 15.0 Å². The van der Waals surface area contributed by atoms with Crippen molar-refractivity contribution in [3.05, 3.63) is 24.0 Å². The molecule has 0 saturated carbocycles. The first kappa shape index (κ1) is 13.4. The number of nitrogens with two attached hydrogens (primary N) is 1. The van der Waals surface area contributed by atoms with E-state index in [9.17, 15) is 0 Å². The van der Waals surface area contributed by atoms with Crippen molar-refractivity contribution in [2.45, 2.75) is 45.1 Å². The van der Waals surface area contributed by atoms with Gasteiger partial charge in [0.15, 0.2) is 0 Å². The minimum absolute atomic E-state index is 0.00519. The van der Waals surface area contributed by atoms with Crippen LogP contribution in [0.25, 0.3) is 11.0 Å². The summed E-state index contributed by atoms with van der Waals surface area (Å²) in [6.45, 7) is 8.27. The van der Waals surface area contributed by atoms with E-state index in [1.165, 1.54) is 5.52 Å². The maximum atomic E-state index is 5.90. The normalized spacial score (nSPS) is 20.4. The summed E-state index contributed by atoms with van der Waals surface area (Å²) in [4.78, 5) is 4.85. The summed E-state index contributed by atoms with van der Waals surface area (Å²) >= 11 is 0. The largest absolute Gasteiger partial charge is 0.399 e. The van der Waals surface area contributed by atoms with Crippen LogP contribution in [-0.4, -0.2) is 22.8 Å². The molecule has 1 unspecified atom stereocenters. The summed E-state index contributed by atoms with van der Waals surface area (Å²) < 4.78 is 8.04. The fourth-order valence-electron chi connectivity index (χ4n) is 2.94. The predicted octanol–water partition coefficient (Wildman–Crippen LogP) is 3.27. The predicted molar refractivity (Wildman–Crippen MR) is 81.9 cm³/mol. The van der Waals surface area contributed by atoms with Gasteiger partial charge in [-0.1, -0.05) is 20.8 Å². The topological polar surface area (TPSA) is 53.1 Å². The zero-order valence-corrected chi connectivity index (χ0v) is 12.5. The van der Waals surface area contributed by atoms with E-state index in [1.807, 2.05) is 12.1 Å². The number of aromatic nitrogens is 2. The molecule has 0 aliphatic carbocycles. The average Bonchev–Trinajstić information content (AvgIpc) is 2.78. The number of ether oxygens (including phenoxy) is 1. The van der Waals surface area contributed by atoms with E-state index < -0.39 is 0 Å². The monoisotopic (exact) mass is 273 g/mol. The minimum atomic E-state index is 0.00519. The summed E-state index contributed by atoms with van der Waals surface area (Å²) in [5.41, 5.74) is 8.82. The van der Waals surface area contributed by atoms with Crippen LogP contribution in [0.1, 0.15) is 45.5 Å². The smallest absolute Gasteiger partial charge is 0.115 e. The third-order valence-electron chi connectivity index (χ3n) is 3.89. The summed E-state index contributed by atoms with van der Waals surface area (Å²) in [5, 5.41) is 0. The third-order valence-corrected chi connectivity index (χ3v) is 3.89. The molecule has 1 aromatic carbocycles. The Bertz CT molecular complexity index is 618. The molecule has 3 rings (SSSR count). The molecule has 1 aromatic heterocycles. The number of hydrogen-bond acceptors (Lipinski definition) is 3. The van der Waals surface area contributed by atoms with Crippen molar-refractivity contribution < 1.29 is 4.74 Å². The Kier molecular flexibility index (Phi) is 3.21. The SMILES string of the molecule is CC(C)(C)c1nc2cc(N)ccc2n1C1CCCOC1. The molecular weight excluding hydrogens is 250 g/mol. The van der Waals surface area contributed by atoms with Crippen LogP contribution in [0.4, 0.5) is 5.69 Å². The third kappa shape index (κ3) is 2.29. The van der Waals surface area contributed by atoms with Crippen molar-refractivity contribution >= 4 is 16.7 Å². The molecule has 0 amide bonds. The second-order valence-corrected chi connectivity index (χ2v) is 6.67. The van der Waals surface area contributed by atoms with E-state index in [2.05, 4.69) is 31.4 Å². The van der Waals surface area contributed by atoms with Crippen molar-refractivity contribution in [2.24, 2.45) is 0 Å². The number of nitrogens with zero attached hydrogens (tertiary/aromatic N) is 2. The van der Waals surface area contributed by atoms with E-state index in [1.54, 1.807) is 0 Å². The summed E-state index contributed by atoms with van der Waals surface area (Å²) in [6.07, 6.45) is 2.27. The lowest BCUT2D eigenvalue weighted by Crippen LogP contribution is -2.27. The molecule has 1 atom stereocenters. The Labute approximate surface area is 119 Å². The minimum Gasteiger partial charge on any atom is -0.399 e. The van der Waals surface area contributed by atoms with E-state index in [-0.39, 0.29) is 5.41 Å². The van der Waals surface area contributed by atoms with Crippen LogP contribution in [0.5, 0.6) is 0 Å². The van der Waals surface area contributed by atoms with Gasteiger partial charge in [-0.3, -0.25) is 0 Å². The second kappa shape index (κ2) is 4.77. The van der Waals surface area contributed by atoms with Gasteiger partial charge in [0.05, 0.1) is 23.7 Å². The molecule has 2 N–H and O–H groups in total. The first-order valence-electron chi connectivity index (χ1n) is 7.32. The molecular formula is C16H23N3O. The molecule has 2 heterocycles. The van der Waals surface area contributed by atoms with Crippen LogP contribution in [0.3, 0.4) is 0 Å². The highest BCUT2D eigenvalue weighted by molar-refractivity contribution is 5.80. The molecule has 4 nitrogen and oxygen atoms in total. The number of anilines is 1. The van der Waals surface area contributed by atoms with Crippen molar-refractivity contribution in [1.29, 1.82) is 0 Å². The summed E-state index contributed by atoms with van der Waals surface area (Å²) in [7, 11) is 0. The average molecular weight is 273 g/mol. The van der Waals surface area contributed by atoms with Crippen molar-refractivity contribution in [3.63, 3.8) is 0 Å². The standard InChI is InChI=1S/C16H23N3O/c1-16(2,3)15-18-13-9-11(17)6-7-14(13)19(15)12-5-4-8-20-10-12/h6-7,9,12H,4-5,8,10,17H2,1-3H3. The van der Waals surface area contributed by atoms with Gasteiger partial charge in [0.25, 0.3) is 0 Å². The molecule has 2 aromatic rings. The molecule has 0 radical (unpaired) electrons. The lowest BCUT2D eigenvalue weighted by molar-refractivity contribution is 0.0586. The van der Waals surface area contributed by atoms with E-state index >= 15 is 0 Å². The van der Waals surface area contributed by atoms with Gasteiger partial charge in [-0.25, -0.2) is 4.98 Å². The zero-order valence-electron chi connectivity index (χ0n) is 12.5. The van der Waals surface area contributed by atoms with Crippen molar-refractivity contribution in [2.75, 3.05) is 18.9 Å². The molecule has 0 spiro atoms. The Hall–Kier alpha value is -1.55. The zero-order chi connectivity index (χ0) is 14.3. The van der Waals surface area contributed by atoms with Gasteiger partial charge in [-0.2, -0.15) is 0 Å². The lowest BCUT2D eigenvalue weighted by Gasteiger charge is -2.29. The van der Waals surface area contributed by atoms with Crippen molar-refractivity contribution in [1.82, 2.24) is 9.55 Å². The molecule has 1 saturated heterocycles. The number of benzene rings is 1. The Morgan fingerprint density at radius 2 is 2.15 bits per heavy atom. The Morgan fingerprint density at radius 3 is 2.80 bits per heavy atom. The number of hydrogen-bond donors (Lipinski definition) is 1. The molecule has 1 aliphatic heterocycles. The first-order chi connectivity index (χ1) is 9.47. The van der Waals surface area contributed by atoms with Crippen LogP contribution in [0.15, 0.2) is 18.2 Å². The molecule has 20 heavy (non-hydrogen) atoms. The Morgan fingerprint density at radius 1 is 1.35 bits per heavy atom. The number of rotatable bonds is 1. The highest BCUT2D eigenvalue weighted by atomic mass is 16.5. The maximum Gasteiger partial charge on any atom is 0.115 e. The highest BCUT2D eigenvalue weighted by Gasteiger charge is 2.28. The number of imidazole rings is 1. The van der Waals surface area contributed by atoms with Crippen LogP contribution >= 0.6 is 0 Å². The van der Waals surface area contributed by atoms with Gasteiger partial charge in [0.1, 0.15) is 5.82 Å². The fourth-order valence-corrected chi connectivity index (χ4v) is 2.94. The Balaban J connectivity index is 2.20. The van der Waals surface area contributed by atoms with Crippen LogP contribution < -0.4 is 5.73 Å². The fraction of sp³-hybridized carbons (Fsp3) is 0.562. The van der Waals surface area contributed by atoms with Gasteiger partial charge in [0.2, 0.25) is 0 Å². The van der Waals surface area contributed by atoms with Crippen molar-refractivity contribution in [3.8, 4) is 0 Å². The van der Waals surface area contributed by atoms with Crippen LogP contribution in [0, 0.1) is 0 Å². The van der Waals surface area contributed by atoms with Gasteiger partial charge in [-0.05, 0) is 31.0 Å². The van der Waals surface area contributed by atoms with Gasteiger partial charge >= 0.3 is 0 Å². The number of nitrogen functional groups attached to an aromatic ring is 1. The number of fused-ring (bicyclic) bond motifs is 1. The first-order valence-corrected chi connectivity index (χ1v) is 7.32. The van der Waals surface area contributed by atoms with E-state index in [4.69, 9.17) is 15.5 Å². The molecule has 4 heteroatoms. The molecule has 108 valence electrons. The summed E-state index contributed by atoms with van der Waals surface area (Å²) in [6, 6.07) is 6.38. The van der Waals surface area contributed by atoms with Gasteiger partial charge in [-0.15, -0.1) is 0 Å². The molecule has 1 aliphatic rings. The summed E-state index contributed by atoms with van der Waals surface area (Å²) in [5.74, 6) is 1.12. The van der Waals surface area contributed by atoms with E-state index in [0.29, 0.717) is 6.04 Å². The lowest BCUT2D eigenvalue weighted by atomic mass is 9.95. The van der Waals surface area contributed by atoms with E-state index in [0.717, 1.165) is 43.1 Å². The van der Waals surface area contributed by atoms with Crippen LogP contribution in [0.2, 0.25) is 0 Å². The molecule has 0 bridgehead atoms. The van der Waals surface area contributed by atoms with Crippen LogP contribution in [-0.2, 0) is 10.2 Å². The molecule has 1 fully saturated rings. The second-order valence-electron chi connectivity index (χ2n) is 6.67. The quantitative estimate of drug-likeness (QED) is 0.811. The van der Waals surface area contributed by atoms with Gasteiger partial charge in [0, 0.05) is 17.7 Å².